The van der Waals surface area contributed by atoms with E-state index in [0.29, 0.717) is 23.7 Å². The molecule has 0 aliphatic carbocycles. The maximum atomic E-state index is 6.27. The number of nitrogens with two attached hydrogens (primary N) is 3. The molecule has 6 nitrogen and oxygen atoms in total. The van der Waals surface area contributed by atoms with Crippen LogP contribution in [-0.2, 0) is 6.42 Å². The second-order valence-electron chi connectivity index (χ2n) is 5.53. The maximum Gasteiger partial charge on any atom is 0.165 e. The van der Waals surface area contributed by atoms with Gasteiger partial charge in [0.05, 0.1) is 5.69 Å². The van der Waals surface area contributed by atoms with E-state index in [2.05, 4.69) is 27.5 Å². The first-order valence-electron chi connectivity index (χ1n) is 7.66. The normalized spacial score (nSPS) is 11.9. The van der Waals surface area contributed by atoms with Crippen molar-refractivity contribution >= 4 is 17.3 Å². The molecule has 0 aliphatic rings. The summed E-state index contributed by atoms with van der Waals surface area (Å²) in [6, 6.07) is 17.8. The Morgan fingerprint density at radius 3 is 2.42 bits per heavy atom. The van der Waals surface area contributed by atoms with Crippen LogP contribution in [0.5, 0.6) is 0 Å². The van der Waals surface area contributed by atoms with E-state index in [9.17, 15) is 0 Å². The molecular formula is C18H20N6. The highest BCUT2D eigenvalue weighted by Gasteiger charge is 2.21. The van der Waals surface area contributed by atoms with Gasteiger partial charge in [0.15, 0.2) is 5.82 Å². The predicted molar refractivity (Wildman–Crippen MR) is 97.1 cm³/mol. The Morgan fingerprint density at radius 2 is 1.75 bits per heavy atom. The van der Waals surface area contributed by atoms with Crippen molar-refractivity contribution in [2.75, 3.05) is 16.9 Å². The number of pyridine rings is 2. The van der Waals surface area contributed by atoms with Gasteiger partial charge in [0, 0.05) is 24.2 Å². The van der Waals surface area contributed by atoms with Gasteiger partial charge in [-0.05, 0) is 29.3 Å². The summed E-state index contributed by atoms with van der Waals surface area (Å²) in [4.78, 5) is 8.57. The number of rotatable bonds is 5. The Hall–Kier alpha value is -3.12. The molecule has 0 saturated carbocycles. The maximum absolute atomic E-state index is 6.27. The SMILES string of the molecule is NNc1nc(N)cc(C(Cc2ccccn2)c2ccccc2)c1N. The fourth-order valence-corrected chi connectivity index (χ4v) is 2.81. The third-order valence-corrected chi connectivity index (χ3v) is 3.96. The van der Waals surface area contributed by atoms with E-state index in [4.69, 9.17) is 17.3 Å². The molecular weight excluding hydrogens is 300 g/mol. The molecule has 2 heterocycles. The van der Waals surface area contributed by atoms with Crippen molar-refractivity contribution in [3.63, 3.8) is 0 Å². The number of aromatic nitrogens is 2. The first-order chi connectivity index (χ1) is 11.7. The Kier molecular flexibility index (Phi) is 4.58. The van der Waals surface area contributed by atoms with Gasteiger partial charge in [-0.15, -0.1) is 0 Å². The molecule has 24 heavy (non-hydrogen) atoms. The lowest BCUT2D eigenvalue weighted by molar-refractivity contribution is 0.784. The lowest BCUT2D eigenvalue weighted by Crippen LogP contribution is -2.16. The number of nitrogens with one attached hydrogen (secondary N) is 1. The van der Waals surface area contributed by atoms with Crippen LogP contribution in [0.4, 0.5) is 17.3 Å². The highest BCUT2D eigenvalue weighted by molar-refractivity contribution is 5.70. The summed E-state index contributed by atoms with van der Waals surface area (Å²) < 4.78 is 0. The Balaban J connectivity index is 2.10. The average molecular weight is 320 g/mol. The molecule has 122 valence electrons. The number of nitrogen functional groups attached to an aromatic ring is 3. The van der Waals surface area contributed by atoms with Gasteiger partial charge in [-0.25, -0.2) is 10.8 Å². The van der Waals surface area contributed by atoms with E-state index in [1.165, 1.54) is 0 Å². The number of nitrogens with zero attached hydrogens (tertiary/aromatic N) is 2. The number of hydrogen-bond acceptors (Lipinski definition) is 6. The zero-order chi connectivity index (χ0) is 16.9. The third-order valence-electron chi connectivity index (χ3n) is 3.96. The van der Waals surface area contributed by atoms with Crippen molar-refractivity contribution in [1.82, 2.24) is 9.97 Å². The van der Waals surface area contributed by atoms with Crippen LogP contribution in [0, 0.1) is 0 Å². The minimum Gasteiger partial charge on any atom is -0.395 e. The number of hydrogen-bond donors (Lipinski definition) is 4. The summed E-state index contributed by atoms with van der Waals surface area (Å²) >= 11 is 0. The molecule has 0 fully saturated rings. The lowest BCUT2D eigenvalue weighted by atomic mass is 9.86. The van der Waals surface area contributed by atoms with E-state index in [-0.39, 0.29) is 5.92 Å². The van der Waals surface area contributed by atoms with E-state index >= 15 is 0 Å². The highest BCUT2D eigenvalue weighted by atomic mass is 15.3. The van der Waals surface area contributed by atoms with Gasteiger partial charge < -0.3 is 16.9 Å². The highest BCUT2D eigenvalue weighted by Crippen LogP contribution is 2.35. The summed E-state index contributed by atoms with van der Waals surface area (Å²) in [5.74, 6) is 6.27. The molecule has 7 N–H and O–H groups in total. The topological polar surface area (TPSA) is 116 Å². The van der Waals surface area contributed by atoms with Crippen LogP contribution >= 0.6 is 0 Å². The monoisotopic (exact) mass is 320 g/mol. The van der Waals surface area contributed by atoms with Gasteiger partial charge in [-0.2, -0.15) is 0 Å². The largest absolute Gasteiger partial charge is 0.395 e. The van der Waals surface area contributed by atoms with Gasteiger partial charge in [0.2, 0.25) is 0 Å². The van der Waals surface area contributed by atoms with Crippen LogP contribution in [0.15, 0.2) is 60.8 Å². The van der Waals surface area contributed by atoms with Crippen LogP contribution in [-0.4, -0.2) is 9.97 Å². The summed E-state index contributed by atoms with van der Waals surface area (Å²) in [7, 11) is 0. The minimum absolute atomic E-state index is 0.00139. The van der Waals surface area contributed by atoms with E-state index in [1.54, 1.807) is 12.3 Å². The standard InChI is InChI=1S/C18H20N6/c19-16-11-15(17(20)18(23-16)24-21)14(12-6-2-1-3-7-12)10-13-8-4-5-9-22-13/h1-9,11,14H,10,20-21H2,(H3,19,23,24). The summed E-state index contributed by atoms with van der Waals surface area (Å²) in [6.07, 6.45) is 2.48. The Bertz CT molecular complexity index is 804. The van der Waals surface area contributed by atoms with E-state index in [1.807, 2.05) is 36.4 Å². The molecule has 0 spiro atoms. The number of benzene rings is 1. The summed E-state index contributed by atoms with van der Waals surface area (Å²) in [5.41, 5.74) is 18.2. The molecule has 3 aromatic rings. The first-order valence-corrected chi connectivity index (χ1v) is 7.66. The van der Waals surface area contributed by atoms with E-state index < -0.39 is 0 Å². The Labute approximate surface area is 140 Å². The van der Waals surface area contributed by atoms with Crippen LogP contribution < -0.4 is 22.7 Å². The molecule has 2 aromatic heterocycles. The zero-order valence-corrected chi connectivity index (χ0v) is 13.2. The van der Waals surface area contributed by atoms with E-state index in [0.717, 1.165) is 16.8 Å². The van der Waals surface area contributed by atoms with Gasteiger partial charge in [-0.3, -0.25) is 4.98 Å². The second-order valence-corrected chi connectivity index (χ2v) is 5.53. The van der Waals surface area contributed by atoms with Gasteiger partial charge in [-0.1, -0.05) is 36.4 Å². The fraction of sp³-hybridized carbons (Fsp3) is 0.111. The fourth-order valence-electron chi connectivity index (χ4n) is 2.81. The number of anilines is 3. The van der Waals surface area contributed by atoms with Gasteiger partial charge in [0.25, 0.3) is 0 Å². The summed E-state index contributed by atoms with van der Waals surface area (Å²) in [5, 5.41) is 0. The molecule has 3 rings (SSSR count). The lowest BCUT2D eigenvalue weighted by Gasteiger charge is -2.21. The van der Waals surface area contributed by atoms with Gasteiger partial charge >= 0.3 is 0 Å². The van der Waals surface area contributed by atoms with Crippen molar-refractivity contribution in [3.8, 4) is 0 Å². The van der Waals surface area contributed by atoms with Crippen molar-refractivity contribution < 1.29 is 0 Å². The molecule has 0 radical (unpaired) electrons. The molecule has 0 aliphatic heterocycles. The van der Waals surface area contributed by atoms with Crippen LogP contribution in [0.25, 0.3) is 0 Å². The predicted octanol–water partition coefficient (Wildman–Crippen LogP) is 2.30. The van der Waals surface area contributed by atoms with Crippen molar-refractivity contribution in [1.29, 1.82) is 0 Å². The quantitative estimate of drug-likeness (QED) is 0.423. The molecule has 6 heteroatoms. The summed E-state index contributed by atoms with van der Waals surface area (Å²) in [6.45, 7) is 0. The smallest absolute Gasteiger partial charge is 0.165 e. The van der Waals surface area contributed by atoms with Crippen LogP contribution in [0.3, 0.4) is 0 Å². The van der Waals surface area contributed by atoms with Gasteiger partial charge in [0.1, 0.15) is 5.82 Å². The first kappa shape index (κ1) is 15.8. The van der Waals surface area contributed by atoms with Crippen molar-refractivity contribution in [2.24, 2.45) is 5.84 Å². The average Bonchev–Trinajstić information content (AvgIpc) is 2.63. The van der Waals surface area contributed by atoms with Crippen LogP contribution in [0.2, 0.25) is 0 Å². The Morgan fingerprint density at radius 1 is 1.00 bits per heavy atom. The molecule has 0 bridgehead atoms. The van der Waals surface area contributed by atoms with Crippen LogP contribution in [0.1, 0.15) is 22.7 Å². The molecule has 0 amide bonds. The minimum atomic E-state index is -0.00139. The second kappa shape index (κ2) is 6.97. The molecule has 1 aromatic carbocycles. The molecule has 0 saturated heterocycles. The number of hydrazine groups is 1. The third kappa shape index (κ3) is 3.28. The molecule has 1 unspecified atom stereocenters. The van der Waals surface area contributed by atoms with Crippen molar-refractivity contribution in [2.45, 2.75) is 12.3 Å². The van der Waals surface area contributed by atoms with Crippen molar-refractivity contribution in [3.05, 3.63) is 77.6 Å². The molecule has 1 atom stereocenters. The zero-order valence-electron chi connectivity index (χ0n) is 13.2.